The molecule has 2 aliphatic rings. The highest BCUT2D eigenvalue weighted by molar-refractivity contribution is 6.16. The summed E-state index contributed by atoms with van der Waals surface area (Å²) >= 11 is 0. The van der Waals surface area contributed by atoms with E-state index in [9.17, 15) is 5.11 Å². The van der Waals surface area contributed by atoms with E-state index in [0.717, 1.165) is 62.9 Å². The van der Waals surface area contributed by atoms with Crippen molar-refractivity contribution < 1.29 is 9.84 Å². The Hall–Kier alpha value is -3.17. The van der Waals surface area contributed by atoms with Crippen molar-refractivity contribution in [3.05, 3.63) is 41.9 Å². The van der Waals surface area contributed by atoms with Gasteiger partial charge in [-0.15, -0.1) is 0 Å². The van der Waals surface area contributed by atoms with Crippen LogP contribution in [0.2, 0.25) is 0 Å². The molecule has 0 atom stereocenters. The number of aromatic nitrogens is 3. The standard InChI is InChI=1S/C23H29N7O2/c24-21(19-12-14-11-17(31)5-6-18(14)29-19)20-22(25)26-13-27-23(20)28-15-1-3-16(4-2-15)30-7-9-32-10-8-30/h5-6,11-13,15-16,24,29,31H,1-4,7-10H2,(H3,25,26,27,28). The van der Waals surface area contributed by atoms with Crippen molar-refractivity contribution in [2.75, 3.05) is 37.4 Å². The topological polar surface area (TPSA) is 136 Å². The first-order valence-corrected chi connectivity index (χ1v) is 11.2. The van der Waals surface area contributed by atoms with Gasteiger partial charge in [0.1, 0.15) is 23.7 Å². The molecule has 9 nitrogen and oxygen atoms in total. The minimum absolute atomic E-state index is 0.187. The van der Waals surface area contributed by atoms with Crippen LogP contribution in [0.25, 0.3) is 10.9 Å². The summed E-state index contributed by atoms with van der Waals surface area (Å²) in [4.78, 5) is 14.4. The molecule has 3 heterocycles. The summed E-state index contributed by atoms with van der Waals surface area (Å²) in [5.41, 5.74) is 8.37. The second-order valence-electron chi connectivity index (χ2n) is 8.61. The van der Waals surface area contributed by atoms with Crippen LogP contribution in [-0.2, 0) is 4.74 Å². The Kier molecular flexibility index (Phi) is 5.67. The van der Waals surface area contributed by atoms with E-state index < -0.39 is 0 Å². The maximum Gasteiger partial charge on any atom is 0.141 e. The lowest BCUT2D eigenvalue weighted by Gasteiger charge is -2.39. The maximum absolute atomic E-state index is 9.74. The van der Waals surface area contributed by atoms with Crippen molar-refractivity contribution in [3.63, 3.8) is 0 Å². The SMILES string of the molecule is N=C(c1cc2cc(O)ccc2[nH]1)c1c(N)ncnc1NC1CCC(N2CCOCC2)CC1. The normalized spacial score (nSPS) is 22.1. The van der Waals surface area contributed by atoms with E-state index in [0.29, 0.717) is 23.1 Å². The van der Waals surface area contributed by atoms with Crippen molar-refractivity contribution in [2.45, 2.75) is 37.8 Å². The third-order valence-corrected chi connectivity index (χ3v) is 6.60. The second kappa shape index (κ2) is 8.76. The summed E-state index contributed by atoms with van der Waals surface area (Å²) in [7, 11) is 0. The van der Waals surface area contributed by atoms with Crippen LogP contribution >= 0.6 is 0 Å². The van der Waals surface area contributed by atoms with Gasteiger partial charge in [0.2, 0.25) is 0 Å². The molecule has 1 saturated heterocycles. The number of phenols is 1. The molecule has 1 saturated carbocycles. The van der Waals surface area contributed by atoms with Gasteiger partial charge < -0.3 is 25.9 Å². The number of benzene rings is 1. The van der Waals surface area contributed by atoms with Gasteiger partial charge in [0.15, 0.2) is 0 Å². The van der Waals surface area contributed by atoms with E-state index in [-0.39, 0.29) is 23.3 Å². The number of nitrogens with zero attached hydrogens (tertiary/aromatic N) is 3. The Morgan fingerprint density at radius 2 is 1.94 bits per heavy atom. The third-order valence-electron chi connectivity index (χ3n) is 6.60. The zero-order valence-corrected chi connectivity index (χ0v) is 18.0. The van der Waals surface area contributed by atoms with Gasteiger partial charge in [-0.3, -0.25) is 10.3 Å². The molecule has 1 aliphatic carbocycles. The van der Waals surface area contributed by atoms with E-state index in [1.165, 1.54) is 6.33 Å². The van der Waals surface area contributed by atoms with E-state index in [2.05, 4.69) is 25.2 Å². The molecule has 0 radical (unpaired) electrons. The summed E-state index contributed by atoms with van der Waals surface area (Å²) in [6.45, 7) is 3.71. The van der Waals surface area contributed by atoms with Gasteiger partial charge in [-0.2, -0.15) is 0 Å². The van der Waals surface area contributed by atoms with Crippen LogP contribution in [-0.4, -0.2) is 69.1 Å². The first-order valence-electron chi connectivity index (χ1n) is 11.2. The first kappa shape index (κ1) is 20.7. The molecule has 0 unspecified atom stereocenters. The van der Waals surface area contributed by atoms with Crippen molar-refractivity contribution in [1.29, 1.82) is 5.41 Å². The number of rotatable bonds is 5. The third kappa shape index (κ3) is 4.13. The minimum Gasteiger partial charge on any atom is -0.508 e. The predicted molar refractivity (Wildman–Crippen MR) is 124 cm³/mol. The van der Waals surface area contributed by atoms with Crippen molar-refractivity contribution >= 4 is 28.3 Å². The average molecular weight is 436 g/mol. The number of H-pyrrole nitrogens is 1. The zero-order valence-electron chi connectivity index (χ0n) is 18.0. The molecule has 1 aromatic carbocycles. The van der Waals surface area contributed by atoms with Gasteiger partial charge in [0.25, 0.3) is 0 Å². The van der Waals surface area contributed by atoms with Crippen LogP contribution < -0.4 is 11.1 Å². The monoisotopic (exact) mass is 435 g/mol. The Balaban J connectivity index is 1.32. The van der Waals surface area contributed by atoms with Gasteiger partial charge in [-0.1, -0.05) is 0 Å². The smallest absolute Gasteiger partial charge is 0.141 e. The highest BCUT2D eigenvalue weighted by atomic mass is 16.5. The molecular formula is C23H29N7O2. The lowest BCUT2D eigenvalue weighted by Crippen LogP contribution is -2.46. The fourth-order valence-corrected chi connectivity index (χ4v) is 4.87. The minimum atomic E-state index is 0.187. The van der Waals surface area contributed by atoms with E-state index in [1.807, 2.05) is 6.07 Å². The molecular weight excluding hydrogens is 406 g/mol. The zero-order chi connectivity index (χ0) is 22.1. The highest BCUT2D eigenvalue weighted by Crippen LogP contribution is 2.29. The average Bonchev–Trinajstić information content (AvgIpc) is 3.23. The molecule has 168 valence electrons. The molecule has 0 bridgehead atoms. The number of hydrogen-bond donors (Lipinski definition) is 5. The number of fused-ring (bicyclic) bond motifs is 1. The molecule has 1 aliphatic heterocycles. The predicted octanol–water partition coefficient (Wildman–Crippen LogP) is 2.72. The number of nitrogen functional groups attached to an aromatic ring is 1. The number of anilines is 2. The van der Waals surface area contributed by atoms with Crippen molar-refractivity contribution in [3.8, 4) is 5.75 Å². The molecule has 6 N–H and O–H groups in total. The molecule has 32 heavy (non-hydrogen) atoms. The lowest BCUT2D eigenvalue weighted by molar-refractivity contribution is 0.00790. The van der Waals surface area contributed by atoms with Gasteiger partial charge in [-0.05, 0) is 49.9 Å². The summed E-state index contributed by atoms with van der Waals surface area (Å²) in [6, 6.07) is 7.81. The quantitative estimate of drug-likeness (QED) is 0.389. The fraction of sp³-hybridized carbons (Fsp3) is 0.435. The number of phenolic OH excluding ortho intramolecular Hbond substituents is 1. The van der Waals surface area contributed by atoms with Gasteiger partial charge in [0, 0.05) is 36.1 Å². The summed E-state index contributed by atoms with van der Waals surface area (Å²) in [5, 5.41) is 22.9. The number of hydrogen-bond acceptors (Lipinski definition) is 8. The number of ether oxygens (including phenoxy) is 1. The molecule has 0 spiro atoms. The van der Waals surface area contributed by atoms with Crippen LogP contribution in [0.4, 0.5) is 11.6 Å². The Morgan fingerprint density at radius 3 is 2.72 bits per heavy atom. The van der Waals surface area contributed by atoms with Crippen LogP contribution in [0.3, 0.4) is 0 Å². The molecule has 2 fully saturated rings. The number of nitrogens with two attached hydrogens (primary N) is 1. The van der Waals surface area contributed by atoms with Gasteiger partial charge in [0.05, 0.1) is 30.2 Å². The number of morpholine rings is 1. The lowest BCUT2D eigenvalue weighted by atomic mass is 9.89. The molecule has 0 amide bonds. The molecule has 9 heteroatoms. The van der Waals surface area contributed by atoms with E-state index >= 15 is 0 Å². The number of nitrogens with one attached hydrogen (secondary N) is 3. The van der Waals surface area contributed by atoms with Crippen LogP contribution in [0, 0.1) is 5.41 Å². The van der Waals surface area contributed by atoms with Crippen LogP contribution in [0.15, 0.2) is 30.6 Å². The van der Waals surface area contributed by atoms with Crippen molar-refractivity contribution in [2.24, 2.45) is 0 Å². The summed E-state index contributed by atoms with van der Waals surface area (Å²) in [6.07, 6.45) is 5.80. The van der Waals surface area contributed by atoms with Crippen molar-refractivity contribution in [1.82, 2.24) is 19.9 Å². The summed E-state index contributed by atoms with van der Waals surface area (Å²) < 4.78 is 5.48. The molecule has 5 rings (SSSR count). The second-order valence-corrected chi connectivity index (χ2v) is 8.61. The Morgan fingerprint density at radius 1 is 1.16 bits per heavy atom. The number of aromatic hydroxyl groups is 1. The molecule has 3 aromatic rings. The summed E-state index contributed by atoms with van der Waals surface area (Å²) in [5.74, 6) is 1.06. The Labute approximate surface area is 186 Å². The van der Waals surface area contributed by atoms with E-state index in [1.54, 1.807) is 18.2 Å². The van der Waals surface area contributed by atoms with Gasteiger partial charge in [-0.25, -0.2) is 9.97 Å². The van der Waals surface area contributed by atoms with E-state index in [4.69, 9.17) is 15.9 Å². The largest absolute Gasteiger partial charge is 0.508 e. The van der Waals surface area contributed by atoms with Crippen LogP contribution in [0.1, 0.15) is 36.9 Å². The van der Waals surface area contributed by atoms with Gasteiger partial charge >= 0.3 is 0 Å². The number of aromatic amines is 1. The molecule has 2 aromatic heterocycles. The van der Waals surface area contributed by atoms with Crippen LogP contribution in [0.5, 0.6) is 5.75 Å². The maximum atomic E-state index is 9.74. The highest BCUT2D eigenvalue weighted by Gasteiger charge is 2.28. The fourth-order valence-electron chi connectivity index (χ4n) is 4.87. The first-order chi connectivity index (χ1) is 15.6. The Bertz CT molecular complexity index is 1110.